The highest BCUT2D eigenvalue weighted by Crippen LogP contribution is 2.23. The zero-order valence-electron chi connectivity index (χ0n) is 10.3. The lowest BCUT2D eigenvalue weighted by molar-refractivity contribution is -0.123. The van der Waals surface area contributed by atoms with Crippen molar-refractivity contribution in [3.63, 3.8) is 0 Å². The monoisotopic (exact) mass is 241 g/mol. The number of rotatable bonds is 6. The summed E-state index contributed by atoms with van der Waals surface area (Å²) >= 11 is 0. The number of amides is 2. The van der Waals surface area contributed by atoms with E-state index in [1.165, 1.54) is 0 Å². The molecule has 0 bridgehead atoms. The van der Waals surface area contributed by atoms with E-state index < -0.39 is 0 Å². The minimum Gasteiger partial charge on any atom is -0.369 e. The van der Waals surface area contributed by atoms with Crippen molar-refractivity contribution in [2.45, 2.75) is 51.0 Å². The lowest BCUT2D eigenvalue weighted by atomic mass is 9.85. The van der Waals surface area contributed by atoms with E-state index in [0.29, 0.717) is 13.0 Å². The Labute approximate surface area is 102 Å². The predicted molar refractivity (Wildman–Crippen MR) is 66.0 cm³/mol. The van der Waals surface area contributed by atoms with Gasteiger partial charge in [0.15, 0.2) is 0 Å². The Morgan fingerprint density at radius 1 is 1.12 bits per heavy atom. The Morgan fingerprint density at radius 2 is 1.76 bits per heavy atom. The number of primary amides is 1. The normalized spacial score (nSPS) is 24.3. The van der Waals surface area contributed by atoms with Crippen LogP contribution in [0, 0.1) is 5.92 Å². The van der Waals surface area contributed by atoms with E-state index in [1.54, 1.807) is 0 Å². The molecule has 5 heteroatoms. The molecule has 1 rings (SSSR count). The summed E-state index contributed by atoms with van der Waals surface area (Å²) in [6.45, 7) is 0.636. The highest BCUT2D eigenvalue weighted by atomic mass is 16.2. The second-order valence-corrected chi connectivity index (χ2v) is 4.76. The molecule has 0 radical (unpaired) electrons. The second-order valence-electron chi connectivity index (χ2n) is 4.76. The second kappa shape index (κ2) is 7.27. The topological polar surface area (TPSA) is 98.2 Å². The predicted octanol–water partition coefficient (Wildman–Crippen LogP) is 0.276. The molecule has 1 saturated carbocycles. The van der Waals surface area contributed by atoms with Gasteiger partial charge in [0.2, 0.25) is 11.8 Å². The maximum Gasteiger partial charge on any atom is 0.220 e. The van der Waals surface area contributed by atoms with Gasteiger partial charge in [-0.1, -0.05) is 0 Å². The lowest BCUT2D eigenvalue weighted by Crippen LogP contribution is -2.39. The van der Waals surface area contributed by atoms with E-state index in [1.807, 2.05) is 0 Å². The maximum absolute atomic E-state index is 11.6. The van der Waals surface area contributed by atoms with Gasteiger partial charge >= 0.3 is 0 Å². The van der Waals surface area contributed by atoms with Gasteiger partial charge in [0.1, 0.15) is 0 Å². The average molecular weight is 241 g/mol. The van der Waals surface area contributed by atoms with Crippen LogP contribution in [0.1, 0.15) is 44.9 Å². The summed E-state index contributed by atoms with van der Waals surface area (Å²) in [7, 11) is 0. The molecule has 0 aromatic heterocycles. The SMILES string of the molecule is NCCCCC(=O)NC1CCC(C(N)=O)CC1. The highest BCUT2D eigenvalue weighted by molar-refractivity contribution is 5.77. The molecule has 0 atom stereocenters. The molecule has 0 saturated heterocycles. The first-order valence-electron chi connectivity index (χ1n) is 6.42. The van der Waals surface area contributed by atoms with E-state index in [-0.39, 0.29) is 23.8 Å². The first kappa shape index (κ1) is 14.0. The standard InChI is InChI=1S/C12H23N3O2/c13-8-2-1-3-11(16)15-10-6-4-9(5-7-10)12(14)17/h9-10H,1-8,13H2,(H2,14,17)(H,15,16). The van der Waals surface area contributed by atoms with Crippen LogP contribution in [0.2, 0.25) is 0 Å². The summed E-state index contributed by atoms with van der Waals surface area (Å²) < 4.78 is 0. The summed E-state index contributed by atoms with van der Waals surface area (Å²) in [5, 5.41) is 3.01. The van der Waals surface area contributed by atoms with Crippen LogP contribution < -0.4 is 16.8 Å². The molecule has 1 fully saturated rings. The molecule has 5 N–H and O–H groups in total. The van der Waals surface area contributed by atoms with Crippen molar-refractivity contribution in [1.29, 1.82) is 0 Å². The molecule has 0 aromatic rings. The number of hydrogen-bond acceptors (Lipinski definition) is 3. The van der Waals surface area contributed by atoms with Gasteiger partial charge in [-0.2, -0.15) is 0 Å². The molecular formula is C12H23N3O2. The molecule has 0 unspecified atom stereocenters. The highest BCUT2D eigenvalue weighted by Gasteiger charge is 2.25. The van der Waals surface area contributed by atoms with Crippen molar-refractivity contribution in [2.75, 3.05) is 6.54 Å². The Balaban J connectivity index is 2.17. The van der Waals surface area contributed by atoms with Crippen LogP contribution in [0.25, 0.3) is 0 Å². The molecule has 1 aliphatic carbocycles. The quantitative estimate of drug-likeness (QED) is 0.582. The number of carbonyl (C=O) groups excluding carboxylic acids is 2. The summed E-state index contributed by atoms with van der Waals surface area (Å²) in [4.78, 5) is 22.5. The van der Waals surface area contributed by atoms with E-state index in [9.17, 15) is 9.59 Å². The number of nitrogens with two attached hydrogens (primary N) is 2. The van der Waals surface area contributed by atoms with E-state index in [4.69, 9.17) is 11.5 Å². The van der Waals surface area contributed by atoms with E-state index in [0.717, 1.165) is 38.5 Å². The van der Waals surface area contributed by atoms with Crippen molar-refractivity contribution >= 4 is 11.8 Å². The summed E-state index contributed by atoms with van der Waals surface area (Å²) in [5.74, 6) is -0.112. The summed E-state index contributed by atoms with van der Waals surface area (Å²) in [5.41, 5.74) is 10.6. The van der Waals surface area contributed by atoms with Gasteiger partial charge < -0.3 is 16.8 Å². The smallest absolute Gasteiger partial charge is 0.220 e. The molecular weight excluding hydrogens is 218 g/mol. The van der Waals surface area contributed by atoms with Gasteiger partial charge in [-0.05, 0) is 45.1 Å². The minimum absolute atomic E-state index is 0.000363. The van der Waals surface area contributed by atoms with Gasteiger partial charge in [0, 0.05) is 18.4 Å². The number of hydrogen-bond donors (Lipinski definition) is 3. The zero-order chi connectivity index (χ0) is 12.7. The molecule has 5 nitrogen and oxygen atoms in total. The van der Waals surface area contributed by atoms with Gasteiger partial charge in [-0.15, -0.1) is 0 Å². The molecule has 2 amide bonds. The minimum atomic E-state index is -0.210. The first-order chi connectivity index (χ1) is 8.13. The molecule has 0 heterocycles. The van der Waals surface area contributed by atoms with Gasteiger partial charge in [-0.25, -0.2) is 0 Å². The molecule has 0 aromatic carbocycles. The lowest BCUT2D eigenvalue weighted by Gasteiger charge is -2.27. The van der Waals surface area contributed by atoms with Crippen LogP contribution in [0.4, 0.5) is 0 Å². The van der Waals surface area contributed by atoms with Crippen molar-refractivity contribution in [2.24, 2.45) is 17.4 Å². The van der Waals surface area contributed by atoms with Gasteiger partial charge in [-0.3, -0.25) is 9.59 Å². The zero-order valence-corrected chi connectivity index (χ0v) is 10.3. The van der Waals surface area contributed by atoms with Gasteiger partial charge in [0.05, 0.1) is 0 Å². The van der Waals surface area contributed by atoms with Crippen LogP contribution in [-0.4, -0.2) is 24.4 Å². The Kier molecular flexibility index (Phi) is 5.97. The van der Waals surface area contributed by atoms with Crippen molar-refractivity contribution in [3.05, 3.63) is 0 Å². The molecule has 0 spiro atoms. The third-order valence-electron chi connectivity index (χ3n) is 3.35. The third kappa shape index (κ3) is 5.17. The number of nitrogens with one attached hydrogen (secondary N) is 1. The summed E-state index contributed by atoms with van der Waals surface area (Å²) in [6.07, 6.45) is 5.59. The average Bonchev–Trinajstić information content (AvgIpc) is 2.30. The maximum atomic E-state index is 11.6. The van der Waals surface area contributed by atoms with Crippen molar-refractivity contribution in [3.8, 4) is 0 Å². The largest absolute Gasteiger partial charge is 0.369 e. The fraction of sp³-hybridized carbons (Fsp3) is 0.833. The number of unbranched alkanes of at least 4 members (excludes halogenated alkanes) is 1. The Morgan fingerprint density at radius 3 is 2.29 bits per heavy atom. The van der Waals surface area contributed by atoms with Crippen LogP contribution in [0.5, 0.6) is 0 Å². The van der Waals surface area contributed by atoms with Crippen LogP contribution >= 0.6 is 0 Å². The Hall–Kier alpha value is -1.10. The molecule has 0 aliphatic heterocycles. The first-order valence-corrected chi connectivity index (χ1v) is 6.42. The van der Waals surface area contributed by atoms with Gasteiger partial charge in [0.25, 0.3) is 0 Å². The molecule has 98 valence electrons. The van der Waals surface area contributed by atoms with Crippen LogP contribution in [-0.2, 0) is 9.59 Å². The van der Waals surface area contributed by atoms with Crippen LogP contribution in [0.3, 0.4) is 0 Å². The van der Waals surface area contributed by atoms with Crippen molar-refractivity contribution in [1.82, 2.24) is 5.32 Å². The molecule has 17 heavy (non-hydrogen) atoms. The van der Waals surface area contributed by atoms with E-state index in [2.05, 4.69) is 5.32 Å². The summed E-state index contributed by atoms with van der Waals surface area (Å²) in [6, 6.07) is 0.218. The van der Waals surface area contributed by atoms with Crippen molar-refractivity contribution < 1.29 is 9.59 Å². The van der Waals surface area contributed by atoms with E-state index >= 15 is 0 Å². The fourth-order valence-electron chi connectivity index (χ4n) is 2.25. The van der Waals surface area contributed by atoms with Crippen LogP contribution in [0.15, 0.2) is 0 Å². The molecule has 1 aliphatic rings. The Bertz CT molecular complexity index is 260. The fourth-order valence-corrected chi connectivity index (χ4v) is 2.25. The number of carbonyl (C=O) groups is 2. The third-order valence-corrected chi connectivity index (χ3v) is 3.35.